The molecule has 0 rings (SSSR count). The minimum Gasteiger partial charge on any atom is -0.389 e. The van der Waals surface area contributed by atoms with Crippen LogP contribution in [-0.2, 0) is 10.0 Å². The number of sulfonamides is 1. The largest absolute Gasteiger partial charge is 0.389 e. The Balaban J connectivity index is 4.02. The molecule has 0 amide bonds. The van der Waals surface area contributed by atoms with Crippen LogP contribution in [0.5, 0.6) is 0 Å². The maximum Gasteiger partial charge on any atom is 0.214 e. The summed E-state index contributed by atoms with van der Waals surface area (Å²) in [5, 5.41) is 12.6. The maximum atomic E-state index is 11.4. The average molecular weight is 238 g/mol. The predicted molar refractivity (Wildman–Crippen MR) is 61.2 cm³/mol. The van der Waals surface area contributed by atoms with E-state index in [0.717, 1.165) is 0 Å². The van der Waals surface area contributed by atoms with Crippen LogP contribution in [-0.4, -0.2) is 55.9 Å². The smallest absolute Gasteiger partial charge is 0.214 e. The first-order valence-corrected chi connectivity index (χ1v) is 6.54. The van der Waals surface area contributed by atoms with Crippen LogP contribution in [0, 0.1) is 0 Å². The van der Waals surface area contributed by atoms with Crippen LogP contribution in [0.25, 0.3) is 0 Å². The third-order valence-electron chi connectivity index (χ3n) is 2.43. The van der Waals surface area contributed by atoms with Crippen LogP contribution in [0.1, 0.15) is 20.8 Å². The highest BCUT2D eigenvalue weighted by molar-refractivity contribution is 7.89. The Labute approximate surface area is 92.5 Å². The quantitative estimate of drug-likeness (QED) is 0.662. The Bertz CT molecular complexity index is 280. The molecule has 0 fully saturated rings. The summed E-state index contributed by atoms with van der Waals surface area (Å²) in [7, 11) is -0.133. The standard InChI is InChI=1S/C9H22N2O3S/c1-8(9(2,3)12)10-6-7-15(13,14)11(4)5/h8,10,12H,6-7H2,1-5H3. The lowest BCUT2D eigenvalue weighted by atomic mass is 10.0. The fourth-order valence-electron chi connectivity index (χ4n) is 0.837. The van der Waals surface area contributed by atoms with Crippen LogP contribution >= 0.6 is 0 Å². The predicted octanol–water partition coefficient (Wildman–Crippen LogP) is -0.373. The highest BCUT2D eigenvalue weighted by Gasteiger charge is 2.22. The second-order valence-corrected chi connectivity index (χ2v) is 6.73. The first-order chi connectivity index (χ1) is 6.57. The summed E-state index contributed by atoms with van der Waals surface area (Å²) >= 11 is 0. The molecule has 92 valence electrons. The topological polar surface area (TPSA) is 69.6 Å². The van der Waals surface area contributed by atoms with E-state index in [-0.39, 0.29) is 11.8 Å². The van der Waals surface area contributed by atoms with Gasteiger partial charge in [0, 0.05) is 26.7 Å². The van der Waals surface area contributed by atoms with Gasteiger partial charge >= 0.3 is 0 Å². The van der Waals surface area contributed by atoms with Crippen LogP contribution in [0.2, 0.25) is 0 Å². The molecular formula is C9H22N2O3S. The van der Waals surface area contributed by atoms with E-state index in [1.165, 1.54) is 18.4 Å². The van der Waals surface area contributed by atoms with Gasteiger partial charge in [-0.1, -0.05) is 0 Å². The van der Waals surface area contributed by atoms with Gasteiger partial charge in [-0.25, -0.2) is 12.7 Å². The van der Waals surface area contributed by atoms with Crippen molar-refractivity contribution in [3.63, 3.8) is 0 Å². The van der Waals surface area contributed by atoms with Crippen LogP contribution in [0.4, 0.5) is 0 Å². The van der Waals surface area contributed by atoms with Gasteiger partial charge in [-0.05, 0) is 20.8 Å². The molecule has 0 aromatic carbocycles. The maximum absolute atomic E-state index is 11.4. The molecule has 0 aliphatic carbocycles. The van der Waals surface area contributed by atoms with Crippen molar-refractivity contribution < 1.29 is 13.5 Å². The Hall–Kier alpha value is -0.170. The summed E-state index contributed by atoms with van der Waals surface area (Å²) in [6, 6.07) is -0.144. The molecule has 6 heteroatoms. The van der Waals surface area contributed by atoms with E-state index in [1.54, 1.807) is 13.8 Å². The molecule has 1 atom stereocenters. The zero-order chi connectivity index (χ0) is 12.3. The van der Waals surface area contributed by atoms with Crippen molar-refractivity contribution in [2.45, 2.75) is 32.4 Å². The Kier molecular flexibility index (Phi) is 5.19. The summed E-state index contributed by atoms with van der Waals surface area (Å²) in [4.78, 5) is 0. The molecule has 0 aromatic rings. The van der Waals surface area contributed by atoms with E-state index in [4.69, 9.17) is 0 Å². The first-order valence-electron chi connectivity index (χ1n) is 4.93. The Morgan fingerprint density at radius 1 is 1.40 bits per heavy atom. The number of hydrogen-bond donors (Lipinski definition) is 2. The van der Waals surface area contributed by atoms with E-state index >= 15 is 0 Å². The number of nitrogens with zero attached hydrogens (tertiary/aromatic N) is 1. The normalized spacial score (nSPS) is 15.7. The highest BCUT2D eigenvalue weighted by Crippen LogP contribution is 2.06. The SMILES string of the molecule is CC(NCCS(=O)(=O)N(C)C)C(C)(C)O. The summed E-state index contributed by atoms with van der Waals surface area (Å²) in [5.74, 6) is 0.0421. The first kappa shape index (κ1) is 14.8. The fourth-order valence-corrected chi connectivity index (χ4v) is 1.58. The van der Waals surface area contributed by atoms with Crippen molar-refractivity contribution in [2.24, 2.45) is 0 Å². The summed E-state index contributed by atoms with van der Waals surface area (Å²) in [6.07, 6.45) is 0. The summed E-state index contributed by atoms with van der Waals surface area (Å²) in [6.45, 7) is 5.53. The zero-order valence-corrected chi connectivity index (χ0v) is 10.9. The average Bonchev–Trinajstić information content (AvgIpc) is 2.01. The molecule has 0 radical (unpaired) electrons. The lowest BCUT2D eigenvalue weighted by Gasteiger charge is -2.27. The van der Waals surface area contributed by atoms with Crippen LogP contribution in [0.3, 0.4) is 0 Å². The molecule has 1 unspecified atom stereocenters. The van der Waals surface area contributed by atoms with Gasteiger partial charge in [-0.3, -0.25) is 0 Å². The van der Waals surface area contributed by atoms with Gasteiger partial charge < -0.3 is 10.4 Å². The Morgan fingerprint density at radius 2 is 1.87 bits per heavy atom. The van der Waals surface area contributed by atoms with Gasteiger partial charge in [0.25, 0.3) is 0 Å². The summed E-state index contributed by atoms with van der Waals surface area (Å²) < 4.78 is 24.0. The third kappa shape index (κ3) is 5.46. The molecule has 2 N–H and O–H groups in total. The number of aliphatic hydroxyl groups is 1. The van der Waals surface area contributed by atoms with Crippen LogP contribution < -0.4 is 5.32 Å². The van der Waals surface area contributed by atoms with Crippen molar-refractivity contribution in [2.75, 3.05) is 26.4 Å². The molecule has 0 saturated carbocycles. The molecule has 0 bridgehead atoms. The molecule has 15 heavy (non-hydrogen) atoms. The van der Waals surface area contributed by atoms with Crippen molar-refractivity contribution in [3.05, 3.63) is 0 Å². The van der Waals surface area contributed by atoms with Crippen molar-refractivity contribution in [1.82, 2.24) is 9.62 Å². The molecule has 0 spiro atoms. The van der Waals surface area contributed by atoms with E-state index in [2.05, 4.69) is 5.32 Å². The molecule has 0 aliphatic rings. The van der Waals surface area contributed by atoms with Crippen LogP contribution in [0.15, 0.2) is 0 Å². The lowest BCUT2D eigenvalue weighted by molar-refractivity contribution is 0.0451. The van der Waals surface area contributed by atoms with Gasteiger partial charge in [0.1, 0.15) is 0 Å². The minimum atomic E-state index is -3.15. The van der Waals surface area contributed by atoms with Gasteiger partial charge in [-0.15, -0.1) is 0 Å². The molecule has 0 saturated heterocycles. The fraction of sp³-hybridized carbons (Fsp3) is 1.00. The second kappa shape index (κ2) is 5.25. The van der Waals surface area contributed by atoms with Gasteiger partial charge in [0.05, 0.1) is 11.4 Å². The van der Waals surface area contributed by atoms with E-state index in [9.17, 15) is 13.5 Å². The van der Waals surface area contributed by atoms with Gasteiger partial charge in [0.2, 0.25) is 10.0 Å². The van der Waals surface area contributed by atoms with Gasteiger partial charge in [-0.2, -0.15) is 0 Å². The molecular weight excluding hydrogens is 216 g/mol. The van der Waals surface area contributed by atoms with Crippen molar-refractivity contribution in [3.8, 4) is 0 Å². The summed E-state index contributed by atoms with van der Waals surface area (Å²) in [5.41, 5.74) is -0.845. The van der Waals surface area contributed by atoms with Crippen molar-refractivity contribution >= 4 is 10.0 Å². The Morgan fingerprint density at radius 3 is 2.20 bits per heavy atom. The lowest BCUT2D eigenvalue weighted by Crippen LogP contribution is -2.46. The number of nitrogens with one attached hydrogen (secondary N) is 1. The number of rotatable bonds is 6. The zero-order valence-electron chi connectivity index (χ0n) is 10.1. The third-order valence-corrected chi connectivity index (χ3v) is 4.26. The molecule has 5 nitrogen and oxygen atoms in total. The molecule has 0 aromatic heterocycles. The van der Waals surface area contributed by atoms with Gasteiger partial charge in [0.15, 0.2) is 0 Å². The minimum absolute atomic E-state index is 0.0421. The molecule has 0 aliphatic heterocycles. The molecule has 0 heterocycles. The van der Waals surface area contributed by atoms with E-state index < -0.39 is 15.6 Å². The monoisotopic (exact) mass is 238 g/mol. The number of hydrogen-bond acceptors (Lipinski definition) is 4. The van der Waals surface area contributed by atoms with Crippen molar-refractivity contribution in [1.29, 1.82) is 0 Å². The highest BCUT2D eigenvalue weighted by atomic mass is 32.2. The van der Waals surface area contributed by atoms with E-state index in [1.807, 2.05) is 6.92 Å². The second-order valence-electron chi connectivity index (χ2n) is 4.43. The van der Waals surface area contributed by atoms with E-state index in [0.29, 0.717) is 6.54 Å².